The molecule has 1 saturated carbocycles. The summed E-state index contributed by atoms with van der Waals surface area (Å²) in [5.74, 6) is -0.505. The van der Waals surface area contributed by atoms with Crippen LogP contribution in [-0.2, 0) is 24.8 Å². The van der Waals surface area contributed by atoms with Crippen LogP contribution < -0.4 is 10.0 Å². The third-order valence-corrected chi connectivity index (χ3v) is 7.91. The van der Waals surface area contributed by atoms with Crippen molar-refractivity contribution in [1.82, 2.24) is 14.3 Å². The Bertz CT molecular complexity index is 890. The zero-order valence-electron chi connectivity index (χ0n) is 14.7. The molecule has 144 valence electrons. The zero-order valence-corrected chi connectivity index (χ0v) is 16.3. The highest BCUT2D eigenvalue weighted by Crippen LogP contribution is 2.26. The topological polar surface area (TPSA) is 113 Å². The standard InChI is InChI=1S/C16H23N3O5S2/c1-11(2)15-16(20)17-9-10-19(15)26(23,24)14-7-5-13(6-8-14)25(21,22)18-12-3-4-12/h5-8,11-12,15,18H,3-4,9-10H2,1-2H3,(H,17,20). The number of hydrogen-bond donors (Lipinski definition) is 2. The third-order valence-electron chi connectivity index (χ3n) is 4.48. The van der Waals surface area contributed by atoms with Crippen LogP contribution in [0.1, 0.15) is 26.7 Å². The number of benzene rings is 1. The fraction of sp³-hybridized carbons (Fsp3) is 0.562. The molecular weight excluding hydrogens is 378 g/mol. The van der Waals surface area contributed by atoms with Crippen molar-refractivity contribution in [3.63, 3.8) is 0 Å². The third kappa shape index (κ3) is 3.78. The minimum absolute atomic E-state index is 0.0248. The monoisotopic (exact) mass is 401 g/mol. The molecule has 1 aliphatic heterocycles. The fourth-order valence-corrected chi connectivity index (χ4v) is 6.01. The Kier molecular flexibility index (Phi) is 5.13. The van der Waals surface area contributed by atoms with Gasteiger partial charge in [0.15, 0.2) is 0 Å². The van der Waals surface area contributed by atoms with E-state index < -0.39 is 26.1 Å². The molecule has 0 radical (unpaired) electrons. The van der Waals surface area contributed by atoms with Crippen LogP contribution in [0.4, 0.5) is 0 Å². The van der Waals surface area contributed by atoms with Gasteiger partial charge in [-0.15, -0.1) is 0 Å². The van der Waals surface area contributed by atoms with E-state index in [0.29, 0.717) is 0 Å². The summed E-state index contributed by atoms with van der Waals surface area (Å²) < 4.78 is 54.1. The number of nitrogens with zero attached hydrogens (tertiary/aromatic N) is 1. The molecule has 0 spiro atoms. The van der Waals surface area contributed by atoms with E-state index in [1.54, 1.807) is 13.8 Å². The number of hydrogen-bond acceptors (Lipinski definition) is 5. The van der Waals surface area contributed by atoms with Crippen LogP contribution in [0.2, 0.25) is 0 Å². The molecular formula is C16H23N3O5S2. The van der Waals surface area contributed by atoms with Crippen LogP contribution in [0.5, 0.6) is 0 Å². The summed E-state index contributed by atoms with van der Waals surface area (Å²) >= 11 is 0. The number of carbonyl (C=O) groups excluding carboxylic acids is 1. The molecule has 10 heteroatoms. The van der Waals surface area contributed by atoms with Crippen molar-refractivity contribution in [3.05, 3.63) is 24.3 Å². The SMILES string of the molecule is CC(C)C1C(=O)NCCN1S(=O)(=O)c1ccc(S(=O)(=O)NC2CC2)cc1. The Balaban J connectivity index is 1.88. The molecule has 26 heavy (non-hydrogen) atoms. The number of rotatable bonds is 6. The highest BCUT2D eigenvalue weighted by molar-refractivity contribution is 7.89. The number of carbonyl (C=O) groups is 1. The summed E-state index contributed by atoms with van der Waals surface area (Å²) in [4.78, 5) is 12.1. The Labute approximate surface area is 154 Å². The van der Waals surface area contributed by atoms with Crippen molar-refractivity contribution < 1.29 is 21.6 Å². The van der Waals surface area contributed by atoms with Crippen molar-refractivity contribution in [2.75, 3.05) is 13.1 Å². The number of nitrogens with one attached hydrogen (secondary N) is 2. The van der Waals surface area contributed by atoms with Gasteiger partial charge in [-0.3, -0.25) is 4.79 Å². The molecule has 2 fully saturated rings. The highest BCUT2D eigenvalue weighted by atomic mass is 32.2. The summed E-state index contributed by atoms with van der Waals surface area (Å²) in [5, 5.41) is 2.69. The summed E-state index contributed by atoms with van der Waals surface area (Å²) in [7, 11) is -7.54. The normalized spacial score (nSPS) is 22.4. The Morgan fingerprint density at radius 3 is 2.19 bits per heavy atom. The van der Waals surface area contributed by atoms with Gasteiger partial charge in [0.25, 0.3) is 0 Å². The van der Waals surface area contributed by atoms with E-state index in [-0.39, 0.29) is 40.7 Å². The Morgan fingerprint density at radius 1 is 1.08 bits per heavy atom. The smallest absolute Gasteiger partial charge is 0.243 e. The largest absolute Gasteiger partial charge is 0.353 e. The van der Waals surface area contributed by atoms with Gasteiger partial charge in [0.05, 0.1) is 9.79 Å². The first-order valence-corrected chi connectivity index (χ1v) is 11.5. The first-order chi connectivity index (χ1) is 12.1. The van der Waals surface area contributed by atoms with Gasteiger partial charge >= 0.3 is 0 Å². The van der Waals surface area contributed by atoms with Crippen molar-refractivity contribution in [1.29, 1.82) is 0 Å². The van der Waals surface area contributed by atoms with E-state index in [4.69, 9.17) is 0 Å². The van der Waals surface area contributed by atoms with Gasteiger partial charge in [0, 0.05) is 19.1 Å². The Hall–Kier alpha value is -1.49. The number of amides is 1. The number of piperazine rings is 1. The molecule has 1 atom stereocenters. The molecule has 1 heterocycles. The van der Waals surface area contributed by atoms with E-state index in [1.807, 2.05) is 0 Å². The predicted molar refractivity (Wildman–Crippen MR) is 95.3 cm³/mol. The van der Waals surface area contributed by atoms with Crippen molar-refractivity contribution >= 4 is 26.0 Å². The van der Waals surface area contributed by atoms with Crippen LogP contribution in [0, 0.1) is 5.92 Å². The lowest BCUT2D eigenvalue weighted by atomic mass is 10.0. The maximum atomic E-state index is 13.0. The predicted octanol–water partition coefficient (Wildman–Crippen LogP) is 0.272. The van der Waals surface area contributed by atoms with Crippen LogP contribution >= 0.6 is 0 Å². The van der Waals surface area contributed by atoms with Crippen LogP contribution in [0.25, 0.3) is 0 Å². The van der Waals surface area contributed by atoms with Gasteiger partial charge in [0.1, 0.15) is 6.04 Å². The second-order valence-corrected chi connectivity index (χ2v) is 10.6. The minimum atomic E-state index is -3.90. The quantitative estimate of drug-likeness (QED) is 0.711. The van der Waals surface area contributed by atoms with Gasteiger partial charge in [-0.1, -0.05) is 13.8 Å². The molecule has 8 nitrogen and oxygen atoms in total. The highest BCUT2D eigenvalue weighted by Gasteiger charge is 2.40. The lowest BCUT2D eigenvalue weighted by Crippen LogP contribution is -2.58. The second-order valence-electron chi connectivity index (χ2n) is 6.96. The van der Waals surface area contributed by atoms with Crippen molar-refractivity contribution in [2.45, 2.75) is 48.6 Å². The summed E-state index contributed by atoms with van der Waals surface area (Å²) in [6.45, 7) is 4.01. The fourth-order valence-electron chi connectivity index (χ4n) is 2.98. The maximum Gasteiger partial charge on any atom is 0.243 e. The molecule has 1 unspecified atom stereocenters. The summed E-state index contributed by atoms with van der Waals surface area (Å²) in [5.41, 5.74) is 0. The van der Waals surface area contributed by atoms with E-state index in [2.05, 4.69) is 10.0 Å². The summed E-state index contributed by atoms with van der Waals surface area (Å²) in [6.07, 6.45) is 1.64. The lowest BCUT2D eigenvalue weighted by Gasteiger charge is -2.36. The molecule has 1 aromatic carbocycles. The number of sulfonamides is 2. The summed E-state index contributed by atoms with van der Waals surface area (Å²) in [6, 6.07) is 4.31. The minimum Gasteiger partial charge on any atom is -0.353 e. The molecule has 1 aromatic rings. The van der Waals surface area contributed by atoms with Gasteiger partial charge < -0.3 is 5.32 Å². The average Bonchev–Trinajstić information content (AvgIpc) is 3.37. The molecule has 0 aromatic heterocycles. The lowest BCUT2D eigenvalue weighted by molar-refractivity contribution is -0.128. The van der Waals surface area contributed by atoms with Crippen molar-refractivity contribution in [2.24, 2.45) is 5.92 Å². The average molecular weight is 402 g/mol. The van der Waals surface area contributed by atoms with Crippen LogP contribution in [-0.4, -0.2) is 52.2 Å². The molecule has 1 aliphatic carbocycles. The zero-order chi connectivity index (χ0) is 19.1. The maximum absolute atomic E-state index is 13.0. The van der Waals surface area contributed by atoms with E-state index >= 15 is 0 Å². The van der Waals surface area contributed by atoms with E-state index in [1.165, 1.54) is 28.6 Å². The molecule has 1 saturated heterocycles. The van der Waals surface area contributed by atoms with Gasteiger partial charge in [-0.25, -0.2) is 21.6 Å². The van der Waals surface area contributed by atoms with E-state index in [0.717, 1.165) is 12.8 Å². The second kappa shape index (κ2) is 6.91. The van der Waals surface area contributed by atoms with Gasteiger partial charge in [-0.2, -0.15) is 4.31 Å². The first-order valence-electron chi connectivity index (χ1n) is 8.55. The molecule has 3 rings (SSSR count). The van der Waals surface area contributed by atoms with Crippen LogP contribution in [0.15, 0.2) is 34.1 Å². The van der Waals surface area contributed by atoms with Crippen LogP contribution in [0.3, 0.4) is 0 Å². The van der Waals surface area contributed by atoms with Gasteiger partial charge in [-0.05, 0) is 43.0 Å². The van der Waals surface area contributed by atoms with Crippen molar-refractivity contribution in [3.8, 4) is 0 Å². The first kappa shape index (κ1) is 19.3. The van der Waals surface area contributed by atoms with Gasteiger partial charge in [0.2, 0.25) is 26.0 Å². The molecule has 1 amide bonds. The molecule has 0 bridgehead atoms. The molecule has 2 N–H and O–H groups in total. The molecule has 2 aliphatic rings. The Morgan fingerprint density at radius 2 is 1.65 bits per heavy atom. The van der Waals surface area contributed by atoms with E-state index in [9.17, 15) is 21.6 Å².